The van der Waals surface area contributed by atoms with Crippen LogP contribution in [-0.4, -0.2) is 22.3 Å². The second-order valence-corrected chi connectivity index (χ2v) is 3.56. The molecular formula is C12H10N2O5. The molecule has 7 heteroatoms. The quantitative estimate of drug-likeness (QED) is 0.875. The molecule has 1 heterocycles. The minimum atomic E-state index is -1.25. The van der Waals surface area contributed by atoms with Gasteiger partial charge in [0.2, 0.25) is 5.88 Å². The molecule has 98 valence electrons. The number of benzene rings is 1. The third kappa shape index (κ3) is 3.32. The average Bonchev–Trinajstić information content (AvgIpc) is 2.86. The van der Waals surface area contributed by atoms with Crippen molar-refractivity contribution in [3.63, 3.8) is 0 Å². The Morgan fingerprint density at radius 1 is 1.32 bits per heavy atom. The lowest BCUT2D eigenvalue weighted by molar-refractivity contribution is 0.0697. The molecule has 7 nitrogen and oxygen atoms in total. The molecule has 0 saturated carbocycles. The van der Waals surface area contributed by atoms with E-state index in [4.69, 9.17) is 9.84 Å². The summed E-state index contributed by atoms with van der Waals surface area (Å²) in [6.07, 6.45) is 0.179. The van der Waals surface area contributed by atoms with Crippen molar-refractivity contribution in [2.24, 2.45) is 0 Å². The molecule has 0 spiro atoms. The molecule has 0 aliphatic rings. The van der Waals surface area contributed by atoms with Crippen LogP contribution in [0.5, 0.6) is 0 Å². The largest absolute Gasteiger partial charge is 0.477 e. The van der Waals surface area contributed by atoms with Crippen LogP contribution < -0.4 is 5.32 Å². The number of carbonyl (C=O) groups excluding carboxylic acids is 1. The minimum absolute atomic E-state index is 0.0726. The Labute approximate surface area is 107 Å². The Balaban J connectivity index is 1.91. The van der Waals surface area contributed by atoms with Gasteiger partial charge in [0.1, 0.15) is 12.2 Å². The van der Waals surface area contributed by atoms with Gasteiger partial charge in [-0.2, -0.15) is 0 Å². The summed E-state index contributed by atoms with van der Waals surface area (Å²) >= 11 is 0. The summed E-state index contributed by atoms with van der Waals surface area (Å²) in [6, 6.07) is 9.07. The summed E-state index contributed by atoms with van der Waals surface area (Å²) in [5.41, 5.74) is 0.574. The number of hydrogen-bond donors (Lipinski definition) is 2. The van der Waals surface area contributed by atoms with Crippen molar-refractivity contribution >= 4 is 17.9 Å². The number of aromatic nitrogens is 1. The monoisotopic (exact) mass is 262 g/mol. The van der Waals surface area contributed by atoms with E-state index in [0.29, 0.717) is 0 Å². The maximum Gasteiger partial charge on any atom is 0.414 e. The summed E-state index contributed by atoms with van der Waals surface area (Å²) in [6.45, 7) is 0.0726. The average molecular weight is 262 g/mol. The molecule has 0 saturated heterocycles. The van der Waals surface area contributed by atoms with E-state index in [1.165, 1.54) is 0 Å². The number of rotatable bonds is 4. The highest BCUT2D eigenvalue weighted by molar-refractivity contribution is 5.96. The van der Waals surface area contributed by atoms with Gasteiger partial charge < -0.3 is 14.4 Å². The van der Waals surface area contributed by atoms with Crippen LogP contribution in [0, 0.1) is 0 Å². The third-order valence-corrected chi connectivity index (χ3v) is 2.23. The second-order valence-electron chi connectivity index (χ2n) is 3.56. The predicted molar refractivity (Wildman–Crippen MR) is 63.7 cm³/mol. The van der Waals surface area contributed by atoms with Gasteiger partial charge in [-0.25, -0.2) is 9.59 Å². The Bertz CT molecular complexity index is 579. The Morgan fingerprint density at radius 2 is 2.05 bits per heavy atom. The van der Waals surface area contributed by atoms with Crippen molar-refractivity contribution < 1.29 is 24.0 Å². The van der Waals surface area contributed by atoms with E-state index < -0.39 is 12.1 Å². The fraction of sp³-hybridized carbons (Fsp3) is 0.0833. The minimum Gasteiger partial charge on any atom is -0.477 e. The number of anilines is 1. The van der Waals surface area contributed by atoms with Gasteiger partial charge in [-0.1, -0.05) is 35.5 Å². The van der Waals surface area contributed by atoms with Crippen LogP contribution in [0.2, 0.25) is 0 Å². The molecule has 0 aliphatic heterocycles. The number of hydrogen-bond acceptors (Lipinski definition) is 5. The molecule has 2 aromatic rings. The van der Waals surface area contributed by atoms with Gasteiger partial charge in [-0.15, -0.1) is 0 Å². The molecule has 0 atom stereocenters. The van der Waals surface area contributed by atoms with Crippen LogP contribution in [-0.2, 0) is 11.3 Å². The molecule has 19 heavy (non-hydrogen) atoms. The first-order valence-corrected chi connectivity index (χ1v) is 5.32. The summed E-state index contributed by atoms with van der Waals surface area (Å²) in [5, 5.41) is 14.2. The lowest BCUT2D eigenvalue weighted by atomic mass is 10.2. The van der Waals surface area contributed by atoms with Crippen LogP contribution in [0.25, 0.3) is 0 Å². The summed E-state index contributed by atoms with van der Waals surface area (Å²) < 4.78 is 9.51. The number of carboxylic acids is 1. The van der Waals surface area contributed by atoms with E-state index in [-0.39, 0.29) is 18.1 Å². The number of nitrogens with zero attached hydrogens (tertiary/aromatic N) is 1. The predicted octanol–water partition coefficient (Wildman–Crippen LogP) is 2.12. The highest BCUT2D eigenvalue weighted by atomic mass is 16.6. The Morgan fingerprint density at radius 3 is 2.74 bits per heavy atom. The highest BCUT2D eigenvalue weighted by Gasteiger charge is 2.17. The first-order chi connectivity index (χ1) is 9.16. The van der Waals surface area contributed by atoms with Crippen molar-refractivity contribution in [1.82, 2.24) is 5.16 Å². The molecule has 2 rings (SSSR count). The van der Waals surface area contributed by atoms with Crippen molar-refractivity contribution in [2.45, 2.75) is 6.61 Å². The molecule has 0 aliphatic carbocycles. The maximum absolute atomic E-state index is 11.4. The topological polar surface area (TPSA) is 102 Å². The Kier molecular flexibility index (Phi) is 3.77. The summed E-state index contributed by atoms with van der Waals surface area (Å²) in [4.78, 5) is 22.2. The van der Waals surface area contributed by atoms with Crippen molar-refractivity contribution in [1.29, 1.82) is 0 Å². The van der Waals surface area contributed by atoms with Crippen LogP contribution in [0.4, 0.5) is 10.7 Å². The third-order valence-electron chi connectivity index (χ3n) is 2.23. The summed E-state index contributed by atoms with van der Waals surface area (Å²) in [7, 11) is 0. The fourth-order valence-electron chi connectivity index (χ4n) is 1.33. The zero-order chi connectivity index (χ0) is 13.7. The molecule has 0 fully saturated rings. The van der Waals surface area contributed by atoms with E-state index in [1.54, 1.807) is 12.1 Å². The maximum atomic E-state index is 11.4. The zero-order valence-electron chi connectivity index (χ0n) is 9.70. The van der Waals surface area contributed by atoms with Crippen LogP contribution in [0.1, 0.15) is 15.9 Å². The van der Waals surface area contributed by atoms with Crippen molar-refractivity contribution in [3.8, 4) is 0 Å². The first kappa shape index (κ1) is 12.6. The fourth-order valence-corrected chi connectivity index (χ4v) is 1.33. The molecule has 1 aromatic carbocycles. The smallest absolute Gasteiger partial charge is 0.414 e. The van der Waals surface area contributed by atoms with Gasteiger partial charge in [-0.05, 0) is 5.56 Å². The molecule has 0 radical (unpaired) electrons. The zero-order valence-corrected chi connectivity index (χ0v) is 9.70. The van der Waals surface area contributed by atoms with Gasteiger partial charge in [0.05, 0.1) is 6.20 Å². The van der Waals surface area contributed by atoms with Gasteiger partial charge >= 0.3 is 12.1 Å². The van der Waals surface area contributed by atoms with Gasteiger partial charge in [-0.3, -0.25) is 5.32 Å². The Hall–Kier alpha value is -2.83. The summed E-state index contributed by atoms with van der Waals surface area (Å²) in [5.74, 6) is -1.51. The second kappa shape index (κ2) is 5.67. The number of ether oxygens (including phenoxy) is 1. The van der Waals surface area contributed by atoms with Crippen LogP contribution in [0.15, 0.2) is 41.1 Å². The highest BCUT2D eigenvalue weighted by Crippen LogP contribution is 2.14. The first-order valence-electron chi connectivity index (χ1n) is 5.32. The molecule has 1 aromatic heterocycles. The van der Waals surface area contributed by atoms with Crippen molar-refractivity contribution in [3.05, 3.63) is 47.7 Å². The van der Waals surface area contributed by atoms with Crippen LogP contribution in [0.3, 0.4) is 0 Å². The van der Waals surface area contributed by atoms with E-state index >= 15 is 0 Å². The standard InChI is InChI=1S/C12H10N2O5/c15-11(16)9-6-13-19-10(9)14-12(17)18-7-8-4-2-1-3-5-8/h1-6H,7H2,(H,14,17)(H,15,16). The van der Waals surface area contributed by atoms with Gasteiger partial charge in [0, 0.05) is 0 Å². The van der Waals surface area contributed by atoms with E-state index in [1.807, 2.05) is 18.2 Å². The number of amides is 1. The van der Waals surface area contributed by atoms with E-state index in [2.05, 4.69) is 15.0 Å². The number of aromatic carboxylic acids is 1. The number of nitrogens with one attached hydrogen (secondary N) is 1. The van der Waals surface area contributed by atoms with Gasteiger partial charge in [0.15, 0.2) is 0 Å². The van der Waals surface area contributed by atoms with Crippen LogP contribution >= 0.6 is 0 Å². The normalized spacial score (nSPS) is 9.89. The number of carboxylic acid groups (broad SMARTS) is 1. The molecular weight excluding hydrogens is 252 g/mol. The molecule has 1 amide bonds. The van der Waals surface area contributed by atoms with E-state index in [0.717, 1.165) is 11.8 Å². The molecule has 2 N–H and O–H groups in total. The number of carbonyl (C=O) groups is 2. The van der Waals surface area contributed by atoms with Crippen molar-refractivity contribution in [2.75, 3.05) is 5.32 Å². The van der Waals surface area contributed by atoms with Gasteiger partial charge in [0.25, 0.3) is 0 Å². The lowest BCUT2D eigenvalue weighted by Gasteiger charge is -2.04. The molecule has 0 bridgehead atoms. The molecule has 0 unspecified atom stereocenters. The lowest BCUT2D eigenvalue weighted by Crippen LogP contribution is -2.15. The SMILES string of the molecule is O=C(Nc1oncc1C(=O)O)OCc1ccccc1. The van der Waals surface area contributed by atoms with E-state index in [9.17, 15) is 9.59 Å².